The number of carboxylic acid groups (broad SMARTS) is 1. The summed E-state index contributed by atoms with van der Waals surface area (Å²) in [5.41, 5.74) is 0. The van der Waals surface area contributed by atoms with E-state index in [0.29, 0.717) is 13.0 Å². The average molecular weight is 276 g/mol. The van der Waals surface area contributed by atoms with Crippen molar-refractivity contribution >= 4 is 18.0 Å². The van der Waals surface area contributed by atoms with Crippen molar-refractivity contribution in [2.75, 3.05) is 34.4 Å². The predicted molar refractivity (Wildman–Crippen MR) is 65.7 cm³/mol. The molecule has 2 amide bonds. The first kappa shape index (κ1) is 17.2. The van der Waals surface area contributed by atoms with Gasteiger partial charge in [0, 0.05) is 27.1 Å². The molecule has 0 radical (unpaired) electrons. The van der Waals surface area contributed by atoms with Crippen molar-refractivity contribution in [2.24, 2.45) is 0 Å². The molecule has 0 aromatic rings. The molecule has 0 aromatic carbocycles. The number of esters is 1. The summed E-state index contributed by atoms with van der Waals surface area (Å²) in [6, 6.07) is -1.63. The maximum absolute atomic E-state index is 11.7. The van der Waals surface area contributed by atoms with Crippen molar-refractivity contribution in [1.29, 1.82) is 0 Å². The van der Waals surface area contributed by atoms with Crippen LogP contribution in [-0.2, 0) is 19.1 Å². The molecular weight excluding hydrogens is 256 g/mol. The van der Waals surface area contributed by atoms with Gasteiger partial charge in [-0.25, -0.2) is 9.59 Å². The average Bonchev–Trinajstić information content (AvgIpc) is 2.37. The SMILES string of the molecule is COCC(NC(=O)N(C)CCCC(=O)OC)C(=O)O. The summed E-state index contributed by atoms with van der Waals surface area (Å²) in [4.78, 5) is 34.7. The second-order valence-electron chi connectivity index (χ2n) is 3.90. The molecule has 19 heavy (non-hydrogen) atoms. The molecule has 0 fully saturated rings. The van der Waals surface area contributed by atoms with Gasteiger partial charge in [0.2, 0.25) is 0 Å². The Bertz CT molecular complexity index is 320. The highest BCUT2D eigenvalue weighted by molar-refractivity contribution is 5.82. The first-order chi connectivity index (χ1) is 8.92. The number of hydrogen-bond acceptors (Lipinski definition) is 5. The van der Waals surface area contributed by atoms with Crippen LogP contribution in [0.3, 0.4) is 0 Å². The number of nitrogens with one attached hydrogen (secondary N) is 1. The molecular formula is C11H20N2O6. The summed E-state index contributed by atoms with van der Waals surface area (Å²) in [6.45, 7) is 0.206. The fraction of sp³-hybridized carbons (Fsp3) is 0.727. The van der Waals surface area contributed by atoms with Crippen molar-refractivity contribution in [3.05, 3.63) is 0 Å². The van der Waals surface area contributed by atoms with E-state index in [1.54, 1.807) is 0 Å². The fourth-order valence-corrected chi connectivity index (χ4v) is 1.26. The highest BCUT2D eigenvalue weighted by Crippen LogP contribution is 1.96. The molecule has 110 valence electrons. The van der Waals surface area contributed by atoms with E-state index < -0.39 is 18.0 Å². The van der Waals surface area contributed by atoms with Gasteiger partial charge in [-0.2, -0.15) is 0 Å². The Morgan fingerprint density at radius 2 is 1.95 bits per heavy atom. The van der Waals surface area contributed by atoms with Crippen LogP contribution < -0.4 is 5.32 Å². The molecule has 0 aliphatic heterocycles. The lowest BCUT2D eigenvalue weighted by molar-refractivity contribution is -0.141. The first-order valence-electron chi connectivity index (χ1n) is 5.72. The lowest BCUT2D eigenvalue weighted by Gasteiger charge is -2.20. The number of rotatable bonds is 8. The zero-order chi connectivity index (χ0) is 14.8. The number of urea groups is 1. The minimum Gasteiger partial charge on any atom is -0.480 e. The molecule has 0 rings (SSSR count). The number of hydrogen-bond donors (Lipinski definition) is 2. The Balaban J connectivity index is 4.10. The summed E-state index contributed by atoms with van der Waals surface area (Å²) < 4.78 is 9.17. The molecule has 0 saturated carbocycles. The molecule has 0 aromatic heterocycles. The first-order valence-corrected chi connectivity index (χ1v) is 5.72. The lowest BCUT2D eigenvalue weighted by Crippen LogP contribution is -2.48. The van der Waals surface area contributed by atoms with Crippen molar-refractivity contribution in [1.82, 2.24) is 10.2 Å². The summed E-state index contributed by atoms with van der Waals surface area (Å²) >= 11 is 0. The number of carboxylic acids is 1. The van der Waals surface area contributed by atoms with Crippen LogP contribution in [0.15, 0.2) is 0 Å². The number of ether oxygens (including phenoxy) is 2. The van der Waals surface area contributed by atoms with Gasteiger partial charge in [0.15, 0.2) is 6.04 Å². The quantitative estimate of drug-likeness (QED) is 0.589. The minimum atomic E-state index is -1.17. The predicted octanol–water partition coefficient (Wildman–Crippen LogP) is -0.319. The van der Waals surface area contributed by atoms with Crippen molar-refractivity contribution in [3.8, 4) is 0 Å². The topological polar surface area (TPSA) is 105 Å². The Morgan fingerprint density at radius 1 is 1.32 bits per heavy atom. The zero-order valence-corrected chi connectivity index (χ0v) is 11.3. The number of carbonyl (C=O) groups excluding carboxylic acids is 2. The van der Waals surface area contributed by atoms with Crippen LogP contribution in [-0.4, -0.2) is 68.4 Å². The van der Waals surface area contributed by atoms with Gasteiger partial charge >= 0.3 is 18.0 Å². The van der Waals surface area contributed by atoms with Crippen LogP contribution in [0.1, 0.15) is 12.8 Å². The molecule has 8 nitrogen and oxygen atoms in total. The van der Waals surface area contributed by atoms with Gasteiger partial charge in [-0.15, -0.1) is 0 Å². The second kappa shape index (κ2) is 9.15. The molecule has 0 spiro atoms. The molecule has 2 N–H and O–H groups in total. The fourth-order valence-electron chi connectivity index (χ4n) is 1.26. The van der Waals surface area contributed by atoms with E-state index in [9.17, 15) is 14.4 Å². The van der Waals surface area contributed by atoms with E-state index >= 15 is 0 Å². The maximum atomic E-state index is 11.7. The van der Waals surface area contributed by atoms with Gasteiger partial charge in [0.25, 0.3) is 0 Å². The Labute approximate surface area is 111 Å². The van der Waals surface area contributed by atoms with E-state index in [2.05, 4.69) is 10.1 Å². The van der Waals surface area contributed by atoms with Crippen LogP contribution in [0.2, 0.25) is 0 Å². The minimum absolute atomic E-state index is 0.114. The van der Waals surface area contributed by atoms with Crippen LogP contribution >= 0.6 is 0 Å². The van der Waals surface area contributed by atoms with Crippen molar-refractivity contribution < 1.29 is 29.0 Å². The summed E-state index contributed by atoms with van der Waals surface area (Å²) in [5.74, 6) is -1.52. The van der Waals surface area contributed by atoms with Crippen molar-refractivity contribution in [3.63, 3.8) is 0 Å². The van der Waals surface area contributed by atoms with Crippen LogP contribution in [0.25, 0.3) is 0 Å². The normalized spacial score (nSPS) is 11.5. The number of nitrogens with zero attached hydrogens (tertiary/aromatic N) is 1. The number of aliphatic carboxylic acids is 1. The van der Waals surface area contributed by atoms with Gasteiger partial charge in [-0.3, -0.25) is 4.79 Å². The molecule has 1 atom stereocenters. The summed E-state index contributed by atoms with van der Waals surface area (Å²) in [6.07, 6.45) is 0.646. The van der Waals surface area contributed by atoms with Gasteiger partial charge in [0.05, 0.1) is 13.7 Å². The van der Waals surface area contributed by atoms with Gasteiger partial charge in [0.1, 0.15) is 0 Å². The molecule has 0 bridgehead atoms. The standard InChI is InChI=1S/C11H20N2O6/c1-13(6-4-5-9(14)19-3)11(17)12-8(7-18-2)10(15)16/h8H,4-7H2,1-3H3,(H,12,17)(H,15,16). The Kier molecular flexibility index (Phi) is 8.27. The van der Waals surface area contributed by atoms with Gasteiger partial charge in [-0.05, 0) is 6.42 Å². The second-order valence-corrected chi connectivity index (χ2v) is 3.90. The van der Waals surface area contributed by atoms with E-state index in [-0.39, 0.29) is 19.0 Å². The van der Waals surface area contributed by atoms with E-state index in [1.807, 2.05) is 0 Å². The molecule has 0 aliphatic carbocycles. The van der Waals surface area contributed by atoms with E-state index in [1.165, 1.54) is 26.2 Å². The number of carbonyl (C=O) groups is 3. The molecule has 0 saturated heterocycles. The third-order valence-electron chi connectivity index (χ3n) is 2.38. The number of methoxy groups -OCH3 is 2. The monoisotopic (exact) mass is 276 g/mol. The van der Waals surface area contributed by atoms with Crippen LogP contribution in [0.4, 0.5) is 4.79 Å². The molecule has 1 unspecified atom stereocenters. The Morgan fingerprint density at radius 3 is 2.42 bits per heavy atom. The third-order valence-corrected chi connectivity index (χ3v) is 2.38. The lowest BCUT2D eigenvalue weighted by atomic mass is 10.3. The van der Waals surface area contributed by atoms with Gasteiger partial charge in [-0.1, -0.05) is 0 Å². The van der Waals surface area contributed by atoms with Crippen molar-refractivity contribution in [2.45, 2.75) is 18.9 Å². The Hall–Kier alpha value is -1.83. The highest BCUT2D eigenvalue weighted by atomic mass is 16.5. The van der Waals surface area contributed by atoms with E-state index in [4.69, 9.17) is 9.84 Å². The van der Waals surface area contributed by atoms with Crippen LogP contribution in [0, 0.1) is 0 Å². The maximum Gasteiger partial charge on any atom is 0.328 e. The van der Waals surface area contributed by atoms with Gasteiger partial charge < -0.3 is 24.8 Å². The summed E-state index contributed by atoms with van der Waals surface area (Å²) in [5, 5.41) is 11.2. The van der Waals surface area contributed by atoms with E-state index in [0.717, 1.165) is 0 Å². The zero-order valence-electron chi connectivity index (χ0n) is 11.3. The third kappa shape index (κ3) is 7.24. The summed E-state index contributed by atoms with van der Waals surface area (Å²) in [7, 11) is 4.15. The largest absolute Gasteiger partial charge is 0.480 e. The highest BCUT2D eigenvalue weighted by Gasteiger charge is 2.21. The molecule has 8 heteroatoms. The molecule has 0 heterocycles. The smallest absolute Gasteiger partial charge is 0.328 e. The molecule has 0 aliphatic rings. The number of amides is 2. The van der Waals surface area contributed by atoms with Crippen LogP contribution in [0.5, 0.6) is 0 Å².